The van der Waals surface area contributed by atoms with Crippen molar-refractivity contribution >= 4 is 53.1 Å². The Kier molecular flexibility index (Phi) is 9.53. The van der Waals surface area contributed by atoms with E-state index in [2.05, 4.69) is 39.7 Å². The Morgan fingerprint density at radius 2 is 2.08 bits per heavy atom. The van der Waals surface area contributed by atoms with Crippen LogP contribution in [0.1, 0.15) is 22.8 Å². The summed E-state index contributed by atoms with van der Waals surface area (Å²) in [7, 11) is 3.74. The molecule has 0 bridgehead atoms. The third-order valence-corrected chi connectivity index (χ3v) is 7.15. The number of carbonyl (C=O) groups excluding carboxylic acids is 1. The first kappa shape index (κ1) is 28.9. The SMILES string of the molecule is CCN(C)CCn1cc(C(=O)[C@@H]2COc3ccc(OC)cc3C2)c2ccc(-c3cn[nH]c3Cl)cc21.Cl.Cl. The number of methoxy groups -OCH3 is 1. The number of aromatic amines is 1. The van der Waals surface area contributed by atoms with Gasteiger partial charge in [0.1, 0.15) is 16.7 Å². The van der Waals surface area contributed by atoms with Crippen molar-refractivity contribution in [1.29, 1.82) is 0 Å². The Balaban J connectivity index is 0.00000190. The highest BCUT2D eigenvalue weighted by Crippen LogP contribution is 2.35. The van der Waals surface area contributed by atoms with Gasteiger partial charge in [-0.25, -0.2) is 0 Å². The second-order valence-corrected chi connectivity index (χ2v) is 9.39. The van der Waals surface area contributed by atoms with Crippen LogP contribution in [0.15, 0.2) is 48.8 Å². The number of ether oxygens (including phenoxy) is 2. The molecule has 2 aromatic heterocycles. The van der Waals surface area contributed by atoms with Crippen LogP contribution in [0.2, 0.25) is 5.15 Å². The molecule has 37 heavy (non-hydrogen) atoms. The standard InChI is InChI=1S/C27H29ClN4O3.2ClH/c1-4-31(2)9-10-32-15-23(21-7-5-17(13-24(21)32)22-14-29-30-27(22)28)26(33)19-11-18-12-20(34-3)6-8-25(18)35-16-19;;/h5-8,12-15,19H,4,9-11,16H2,1-3H3,(H,29,30);2*1H/t19-;;/m0../s1. The minimum absolute atomic E-state index is 0. The summed E-state index contributed by atoms with van der Waals surface area (Å²) >= 11 is 6.30. The maximum absolute atomic E-state index is 13.8. The van der Waals surface area contributed by atoms with Crippen LogP contribution < -0.4 is 9.47 Å². The lowest BCUT2D eigenvalue weighted by atomic mass is 9.89. The molecule has 0 saturated heterocycles. The van der Waals surface area contributed by atoms with Crippen LogP contribution in [-0.2, 0) is 13.0 Å². The molecular weight excluding hydrogens is 535 g/mol. The fourth-order valence-electron chi connectivity index (χ4n) is 4.64. The van der Waals surface area contributed by atoms with E-state index in [9.17, 15) is 4.79 Å². The number of hydrogen-bond acceptors (Lipinski definition) is 5. The van der Waals surface area contributed by atoms with Crippen LogP contribution in [0.25, 0.3) is 22.0 Å². The number of carbonyl (C=O) groups is 1. The van der Waals surface area contributed by atoms with Crippen LogP contribution in [0.3, 0.4) is 0 Å². The largest absolute Gasteiger partial charge is 0.497 e. The molecule has 0 aliphatic carbocycles. The summed E-state index contributed by atoms with van der Waals surface area (Å²) in [4.78, 5) is 16.0. The van der Waals surface area contributed by atoms with E-state index in [1.807, 2.05) is 36.5 Å². The van der Waals surface area contributed by atoms with Crippen molar-refractivity contribution in [3.05, 3.63) is 65.1 Å². The molecule has 0 radical (unpaired) electrons. The van der Waals surface area contributed by atoms with Gasteiger partial charge in [0.2, 0.25) is 0 Å². The van der Waals surface area contributed by atoms with Gasteiger partial charge in [-0.1, -0.05) is 30.7 Å². The third-order valence-electron chi connectivity index (χ3n) is 6.86. The molecule has 4 aromatic rings. The maximum Gasteiger partial charge on any atom is 0.171 e. The highest BCUT2D eigenvalue weighted by Gasteiger charge is 2.29. The molecular formula is C27H31Cl3N4O3. The molecule has 10 heteroatoms. The van der Waals surface area contributed by atoms with Gasteiger partial charge in [0, 0.05) is 41.3 Å². The number of halogens is 3. The van der Waals surface area contributed by atoms with E-state index in [1.165, 1.54) is 0 Å². The highest BCUT2D eigenvalue weighted by atomic mass is 35.5. The zero-order chi connectivity index (χ0) is 24.5. The summed E-state index contributed by atoms with van der Waals surface area (Å²) in [6.45, 7) is 5.12. The molecule has 198 valence electrons. The van der Waals surface area contributed by atoms with Crippen molar-refractivity contribution < 1.29 is 14.3 Å². The lowest BCUT2D eigenvalue weighted by Crippen LogP contribution is -2.28. The number of H-pyrrole nitrogens is 1. The smallest absolute Gasteiger partial charge is 0.171 e. The van der Waals surface area contributed by atoms with Gasteiger partial charge in [-0.3, -0.25) is 9.89 Å². The van der Waals surface area contributed by atoms with Crippen LogP contribution in [0, 0.1) is 5.92 Å². The average Bonchev–Trinajstić information content (AvgIpc) is 3.48. The van der Waals surface area contributed by atoms with E-state index < -0.39 is 0 Å². The Hall–Kier alpha value is -2.71. The molecule has 5 rings (SSSR count). The quantitative estimate of drug-likeness (QED) is 0.268. The van der Waals surface area contributed by atoms with Crippen molar-refractivity contribution in [3.63, 3.8) is 0 Å². The summed E-state index contributed by atoms with van der Waals surface area (Å²) < 4.78 is 13.5. The number of nitrogens with zero attached hydrogens (tertiary/aromatic N) is 3. The van der Waals surface area contributed by atoms with Gasteiger partial charge in [-0.15, -0.1) is 24.8 Å². The first-order valence-electron chi connectivity index (χ1n) is 11.8. The minimum atomic E-state index is -0.255. The van der Waals surface area contributed by atoms with Gasteiger partial charge >= 0.3 is 0 Å². The lowest BCUT2D eigenvalue weighted by Gasteiger charge is -2.24. The summed E-state index contributed by atoms with van der Waals surface area (Å²) in [6, 6.07) is 11.9. The molecule has 2 aromatic carbocycles. The molecule has 0 fully saturated rings. The second-order valence-electron chi connectivity index (χ2n) is 9.01. The molecule has 0 unspecified atom stereocenters. The fraction of sp³-hybridized carbons (Fsp3) is 0.333. The van der Waals surface area contributed by atoms with Gasteiger partial charge in [-0.2, -0.15) is 5.10 Å². The molecule has 0 spiro atoms. The highest BCUT2D eigenvalue weighted by molar-refractivity contribution is 6.32. The summed E-state index contributed by atoms with van der Waals surface area (Å²) in [5, 5.41) is 8.27. The third kappa shape index (κ3) is 5.75. The van der Waals surface area contributed by atoms with E-state index in [-0.39, 0.29) is 36.5 Å². The number of benzene rings is 2. The molecule has 1 atom stereocenters. The second kappa shape index (κ2) is 12.2. The minimum Gasteiger partial charge on any atom is -0.497 e. The number of likely N-dealkylation sites (N-methyl/N-ethyl adjacent to an activating group) is 1. The predicted molar refractivity (Wildman–Crippen MR) is 152 cm³/mol. The monoisotopic (exact) mass is 564 g/mol. The first-order valence-corrected chi connectivity index (χ1v) is 12.2. The topological polar surface area (TPSA) is 72.4 Å². The number of ketones is 1. The number of hydrogen-bond donors (Lipinski definition) is 1. The van der Waals surface area contributed by atoms with Crippen molar-refractivity contribution in [2.75, 3.05) is 33.9 Å². The molecule has 1 aliphatic rings. The lowest BCUT2D eigenvalue weighted by molar-refractivity contribution is 0.0856. The molecule has 1 aliphatic heterocycles. The van der Waals surface area contributed by atoms with Crippen molar-refractivity contribution in [1.82, 2.24) is 19.7 Å². The number of aromatic nitrogens is 3. The average molecular weight is 566 g/mol. The van der Waals surface area contributed by atoms with Gasteiger partial charge < -0.3 is 18.9 Å². The van der Waals surface area contributed by atoms with E-state index >= 15 is 0 Å². The molecule has 0 saturated carbocycles. The Morgan fingerprint density at radius 3 is 2.78 bits per heavy atom. The van der Waals surface area contributed by atoms with Gasteiger partial charge in [0.05, 0.1) is 25.8 Å². The van der Waals surface area contributed by atoms with E-state index in [0.717, 1.165) is 64.3 Å². The van der Waals surface area contributed by atoms with E-state index in [1.54, 1.807) is 13.3 Å². The zero-order valence-electron chi connectivity index (χ0n) is 21.0. The van der Waals surface area contributed by atoms with Gasteiger partial charge in [0.15, 0.2) is 5.78 Å². The Morgan fingerprint density at radius 1 is 1.27 bits per heavy atom. The van der Waals surface area contributed by atoms with Crippen molar-refractivity contribution in [2.24, 2.45) is 5.92 Å². The van der Waals surface area contributed by atoms with Crippen LogP contribution >= 0.6 is 36.4 Å². The van der Waals surface area contributed by atoms with Crippen molar-refractivity contribution in [2.45, 2.75) is 19.9 Å². The molecule has 0 amide bonds. The molecule has 3 heterocycles. The number of Topliss-reactive ketones (excluding diaryl/α,β-unsaturated/α-hetero) is 1. The normalized spacial score (nSPS) is 14.5. The predicted octanol–water partition coefficient (Wildman–Crippen LogP) is 5.92. The van der Waals surface area contributed by atoms with Crippen LogP contribution in [-0.4, -0.2) is 59.3 Å². The van der Waals surface area contributed by atoms with E-state index in [4.69, 9.17) is 21.1 Å². The zero-order valence-corrected chi connectivity index (χ0v) is 23.4. The maximum atomic E-state index is 13.8. The molecule has 7 nitrogen and oxygen atoms in total. The fourth-order valence-corrected chi connectivity index (χ4v) is 4.84. The molecule has 1 N–H and O–H groups in total. The van der Waals surface area contributed by atoms with Crippen LogP contribution in [0.5, 0.6) is 11.5 Å². The van der Waals surface area contributed by atoms with E-state index in [0.29, 0.717) is 18.2 Å². The number of fused-ring (bicyclic) bond motifs is 2. The summed E-state index contributed by atoms with van der Waals surface area (Å²) in [5.74, 6) is 1.43. The summed E-state index contributed by atoms with van der Waals surface area (Å²) in [6.07, 6.45) is 4.34. The van der Waals surface area contributed by atoms with Crippen molar-refractivity contribution in [3.8, 4) is 22.6 Å². The number of rotatable bonds is 8. The van der Waals surface area contributed by atoms with Gasteiger partial charge in [0.25, 0.3) is 0 Å². The Bertz CT molecular complexity index is 1380. The summed E-state index contributed by atoms with van der Waals surface area (Å²) in [5.41, 5.74) is 4.53. The van der Waals surface area contributed by atoms with Crippen LogP contribution in [0.4, 0.5) is 0 Å². The first-order chi connectivity index (χ1) is 17.0. The Labute approximate surface area is 233 Å². The number of nitrogens with one attached hydrogen (secondary N) is 1. The van der Waals surface area contributed by atoms with Gasteiger partial charge in [-0.05, 0) is 55.4 Å².